The summed E-state index contributed by atoms with van der Waals surface area (Å²) < 4.78 is 34.5. The molecule has 0 aromatic heterocycles. The number of benzene rings is 2. The molecule has 3 aliphatic heterocycles. The normalized spacial score (nSPS) is 24.6. The Morgan fingerprint density at radius 1 is 1.00 bits per heavy atom. The Morgan fingerprint density at radius 2 is 1.82 bits per heavy atom. The molecule has 1 N–H and O–H groups in total. The van der Waals surface area contributed by atoms with Crippen molar-refractivity contribution in [2.45, 2.75) is 24.9 Å². The summed E-state index contributed by atoms with van der Waals surface area (Å²) in [5, 5.41) is 3.64. The molecular weight excluding hydrogens is 362 g/mol. The second kappa shape index (κ2) is 6.84. The Morgan fingerprint density at radius 3 is 2.61 bits per heavy atom. The minimum absolute atomic E-state index is 0.0322. The zero-order chi connectivity index (χ0) is 19.3. The van der Waals surface area contributed by atoms with Gasteiger partial charge in [-0.15, -0.1) is 0 Å². The summed E-state index contributed by atoms with van der Waals surface area (Å²) in [6.07, 6.45) is 0.0905. The summed E-state index contributed by atoms with van der Waals surface area (Å²) in [6.45, 7) is 1.03. The van der Waals surface area contributed by atoms with Gasteiger partial charge in [0.05, 0.1) is 25.8 Å². The summed E-state index contributed by atoms with van der Waals surface area (Å²) >= 11 is 0. The van der Waals surface area contributed by atoms with Crippen molar-refractivity contribution in [2.75, 3.05) is 34.7 Å². The predicted octanol–water partition coefficient (Wildman–Crippen LogP) is 3.04. The first-order valence-corrected chi connectivity index (χ1v) is 9.34. The number of nitrogens with one attached hydrogen (secondary N) is 1. The highest BCUT2D eigenvalue weighted by atomic mass is 16.7. The van der Waals surface area contributed by atoms with Crippen molar-refractivity contribution < 1.29 is 28.4 Å². The maximum Gasteiger partial charge on any atom is 0.231 e. The lowest BCUT2D eigenvalue weighted by molar-refractivity contribution is -0.181. The van der Waals surface area contributed by atoms with Crippen LogP contribution in [0, 0.1) is 0 Å². The van der Waals surface area contributed by atoms with Crippen molar-refractivity contribution in [2.24, 2.45) is 0 Å². The van der Waals surface area contributed by atoms with Crippen LogP contribution in [0.5, 0.6) is 23.0 Å². The van der Waals surface area contributed by atoms with E-state index in [-0.39, 0.29) is 18.9 Å². The molecule has 0 bridgehead atoms. The second-order valence-corrected chi connectivity index (χ2v) is 7.01. The number of hydrogen-bond donors (Lipinski definition) is 1. The lowest BCUT2D eigenvalue weighted by Gasteiger charge is -2.38. The molecule has 0 radical (unpaired) electrons. The predicted molar refractivity (Wildman–Crippen MR) is 100 cm³/mol. The molecule has 148 valence electrons. The van der Waals surface area contributed by atoms with E-state index in [1.807, 2.05) is 18.2 Å². The first-order chi connectivity index (χ1) is 13.7. The zero-order valence-corrected chi connectivity index (χ0v) is 16.1. The van der Waals surface area contributed by atoms with Gasteiger partial charge in [-0.3, -0.25) is 0 Å². The largest absolute Gasteiger partial charge is 0.493 e. The quantitative estimate of drug-likeness (QED) is 0.871. The molecule has 7 heteroatoms. The Labute approximate surface area is 163 Å². The number of fused-ring (bicyclic) bond motifs is 7. The summed E-state index contributed by atoms with van der Waals surface area (Å²) in [6, 6.07) is 8.06. The SMILES string of the molecule is COc1cc2c(cc1OC)[C@@H]1O[C@@H](OC)c3c(ccc4c3OCO4)[C@H]1NCC2. The Hall–Kier alpha value is -2.48. The van der Waals surface area contributed by atoms with Crippen LogP contribution in [0.25, 0.3) is 0 Å². The molecule has 5 rings (SSSR count). The van der Waals surface area contributed by atoms with Gasteiger partial charge in [-0.1, -0.05) is 6.07 Å². The first kappa shape index (κ1) is 17.6. The molecule has 28 heavy (non-hydrogen) atoms. The molecule has 3 aliphatic rings. The highest BCUT2D eigenvalue weighted by molar-refractivity contribution is 5.56. The summed E-state index contributed by atoms with van der Waals surface area (Å²) in [5.41, 5.74) is 4.26. The van der Waals surface area contributed by atoms with E-state index in [4.69, 9.17) is 28.4 Å². The number of ether oxygens (including phenoxy) is 6. The third-order valence-corrected chi connectivity index (χ3v) is 5.68. The minimum Gasteiger partial charge on any atom is -0.493 e. The van der Waals surface area contributed by atoms with Gasteiger partial charge in [-0.05, 0) is 47.9 Å². The molecule has 2 aromatic rings. The summed E-state index contributed by atoms with van der Waals surface area (Å²) in [7, 11) is 4.94. The molecule has 0 fully saturated rings. The van der Waals surface area contributed by atoms with Crippen molar-refractivity contribution in [3.63, 3.8) is 0 Å². The van der Waals surface area contributed by atoms with Crippen LogP contribution in [0.4, 0.5) is 0 Å². The molecule has 2 aromatic carbocycles. The van der Waals surface area contributed by atoms with Crippen molar-refractivity contribution in [1.29, 1.82) is 0 Å². The van der Waals surface area contributed by atoms with Gasteiger partial charge in [0.1, 0.15) is 6.10 Å². The summed E-state index contributed by atoms with van der Waals surface area (Å²) in [4.78, 5) is 0. The van der Waals surface area contributed by atoms with Gasteiger partial charge < -0.3 is 33.7 Å². The van der Waals surface area contributed by atoms with Gasteiger partial charge in [-0.25, -0.2) is 0 Å². The van der Waals surface area contributed by atoms with Crippen LogP contribution in [-0.4, -0.2) is 34.7 Å². The molecule has 3 heterocycles. The fourth-order valence-electron chi connectivity index (χ4n) is 4.39. The molecular formula is C21H23NO6. The van der Waals surface area contributed by atoms with Crippen LogP contribution in [0.15, 0.2) is 24.3 Å². The van der Waals surface area contributed by atoms with E-state index in [9.17, 15) is 0 Å². The molecule has 0 aliphatic carbocycles. The van der Waals surface area contributed by atoms with E-state index in [0.717, 1.165) is 41.2 Å². The van der Waals surface area contributed by atoms with Gasteiger partial charge in [0.15, 0.2) is 29.3 Å². The van der Waals surface area contributed by atoms with E-state index in [0.29, 0.717) is 11.5 Å². The van der Waals surface area contributed by atoms with Crippen molar-refractivity contribution >= 4 is 0 Å². The van der Waals surface area contributed by atoms with E-state index < -0.39 is 6.29 Å². The van der Waals surface area contributed by atoms with Crippen LogP contribution in [0.3, 0.4) is 0 Å². The lowest BCUT2D eigenvalue weighted by atomic mass is 9.87. The topological polar surface area (TPSA) is 67.4 Å². The summed E-state index contributed by atoms with van der Waals surface area (Å²) in [5.74, 6) is 2.85. The fourth-order valence-corrected chi connectivity index (χ4v) is 4.39. The van der Waals surface area contributed by atoms with E-state index >= 15 is 0 Å². The Kier molecular flexibility index (Phi) is 4.30. The van der Waals surface area contributed by atoms with E-state index in [1.165, 1.54) is 5.56 Å². The van der Waals surface area contributed by atoms with Crippen molar-refractivity contribution in [3.05, 3.63) is 46.5 Å². The van der Waals surface area contributed by atoms with Gasteiger partial charge in [0.25, 0.3) is 0 Å². The molecule has 0 unspecified atom stereocenters. The lowest BCUT2D eigenvalue weighted by Crippen LogP contribution is -2.34. The number of hydrogen-bond acceptors (Lipinski definition) is 7. The van der Waals surface area contributed by atoms with Crippen LogP contribution in [-0.2, 0) is 15.9 Å². The average molecular weight is 385 g/mol. The second-order valence-electron chi connectivity index (χ2n) is 7.01. The maximum atomic E-state index is 6.45. The highest BCUT2D eigenvalue weighted by Gasteiger charge is 2.42. The van der Waals surface area contributed by atoms with Crippen molar-refractivity contribution in [3.8, 4) is 23.0 Å². The van der Waals surface area contributed by atoms with Gasteiger partial charge in [-0.2, -0.15) is 0 Å². The Balaban J connectivity index is 1.66. The van der Waals surface area contributed by atoms with Gasteiger partial charge in [0, 0.05) is 7.11 Å². The third kappa shape index (κ3) is 2.54. The zero-order valence-electron chi connectivity index (χ0n) is 16.1. The first-order valence-electron chi connectivity index (χ1n) is 9.34. The van der Waals surface area contributed by atoms with E-state index in [1.54, 1.807) is 21.3 Å². The Bertz CT molecular complexity index is 914. The molecule has 7 nitrogen and oxygen atoms in total. The van der Waals surface area contributed by atoms with Crippen LogP contribution < -0.4 is 24.3 Å². The third-order valence-electron chi connectivity index (χ3n) is 5.68. The standard InChI is InChI=1S/C21H23NO6/c1-23-15-8-11-6-7-22-18-12-4-5-14-20(27-10-26-14)17(12)21(25-3)28-19(18)13(11)9-16(15)24-2/h4-5,8-9,18-19,21-22H,6-7,10H2,1-3H3/t18-,19+,21-/m1/s1. The molecule has 0 saturated carbocycles. The van der Waals surface area contributed by atoms with Gasteiger partial charge >= 0.3 is 0 Å². The molecule has 0 spiro atoms. The van der Waals surface area contributed by atoms with Crippen LogP contribution >= 0.6 is 0 Å². The minimum atomic E-state index is -0.547. The average Bonchev–Trinajstić information content (AvgIpc) is 3.14. The van der Waals surface area contributed by atoms with E-state index in [2.05, 4.69) is 11.4 Å². The number of rotatable bonds is 3. The highest BCUT2D eigenvalue weighted by Crippen LogP contribution is 2.53. The fraction of sp³-hybridized carbons (Fsp3) is 0.429. The molecule has 0 amide bonds. The van der Waals surface area contributed by atoms with Crippen molar-refractivity contribution in [1.82, 2.24) is 5.32 Å². The number of methoxy groups -OCH3 is 3. The smallest absolute Gasteiger partial charge is 0.231 e. The van der Waals surface area contributed by atoms with Gasteiger partial charge in [0.2, 0.25) is 6.79 Å². The molecule has 3 atom stereocenters. The van der Waals surface area contributed by atoms with Crippen LogP contribution in [0.2, 0.25) is 0 Å². The van der Waals surface area contributed by atoms with Crippen LogP contribution in [0.1, 0.15) is 40.7 Å². The monoisotopic (exact) mass is 385 g/mol. The molecule has 0 saturated heterocycles. The maximum absolute atomic E-state index is 6.45.